The number of pyridine rings is 1. The quantitative estimate of drug-likeness (QED) is 0.552. The van der Waals surface area contributed by atoms with Crippen molar-refractivity contribution in [3.8, 4) is 17.5 Å². The molecule has 6 nitrogen and oxygen atoms in total. The normalized spacial score (nSPS) is 17.0. The van der Waals surface area contributed by atoms with Gasteiger partial charge in [-0.05, 0) is 30.3 Å². The van der Waals surface area contributed by atoms with Crippen molar-refractivity contribution < 1.29 is 9.59 Å². The molecule has 1 aliphatic heterocycles. The molecule has 0 aliphatic carbocycles. The van der Waals surface area contributed by atoms with Gasteiger partial charge in [-0.25, -0.2) is 4.98 Å². The third-order valence-corrected chi connectivity index (χ3v) is 6.14. The molecule has 30 heavy (non-hydrogen) atoms. The summed E-state index contributed by atoms with van der Waals surface area (Å²) in [5.74, 6) is -2.17. The summed E-state index contributed by atoms with van der Waals surface area (Å²) in [6.07, 6.45) is 1.68. The number of nitriles is 1. The number of benzene rings is 1. The minimum absolute atomic E-state index is 0.0274. The molecule has 0 saturated carbocycles. The number of halogens is 2. The first kappa shape index (κ1) is 20.5. The first-order valence-corrected chi connectivity index (χ1v) is 10.7. The van der Waals surface area contributed by atoms with Crippen LogP contribution >= 0.6 is 34.5 Å². The van der Waals surface area contributed by atoms with Crippen molar-refractivity contribution in [1.82, 2.24) is 9.97 Å². The van der Waals surface area contributed by atoms with Crippen LogP contribution in [0.15, 0.2) is 48.0 Å². The summed E-state index contributed by atoms with van der Waals surface area (Å²) in [5.41, 5.74) is 1.82. The van der Waals surface area contributed by atoms with E-state index >= 15 is 0 Å². The molecule has 2 aromatic heterocycles. The lowest BCUT2D eigenvalue weighted by Crippen LogP contribution is -2.27. The van der Waals surface area contributed by atoms with Crippen LogP contribution in [0.3, 0.4) is 0 Å². The number of nitrogens with zero attached hydrogens (tertiary/aromatic N) is 4. The van der Waals surface area contributed by atoms with E-state index in [0.717, 1.165) is 0 Å². The highest BCUT2D eigenvalue weighted by molar-refractivity contribution is 7.10. The second kappa shape index (κ2) is 8.52. The number of hydrogen-bond acceptors (Lipinski definition) is 6. The lowest BCUT2D eigenvalue weighted by Gasteiger charge is -2.17. The van der Waals surface area contributed by atoms with Gasteiger partial charge in [0.05, 0.1) is 17.5 Å². The largest absolute Gasteiger partial charge is 0.312 e. The SMILES string of the molecule is N#C[C@H](C(=O)[C@@H]1CC(=O)N(c2cc(Cl)cc(Cl)c2)C1)c1nc(-c2ccccn2)cs1. The molecule has 0 radical (unpaired) electrons. The fourth-order valence-corrected chi connectivity index (χ4v) is 4.75. The fourth-order valence-electron chi connectivity index (χ4n) is 3.37. The van der Waals surface area contributed by atoms with Crippen LogP contribution in [0.2, 0.25) is 10.0 Å². The highest BCUT2D eigenvalue weighted by atomic mass is 35.5. The second-order valence-corrected chi connectivity index (χ2v) is 8.55. The summed E-state index contributed by atoms with van der Waals surface area (Å²) in [7, 11) is 0. The van der Waals surface area contributed by atoms with Gasteiger partial charge in [0, 0.05) is 46.2 Å². The number of carbonyl (C=O) groups is 2. The Kier molecular flexibility index (Phi) is 5.82. The summed E-state index contributed by atoms with van der Waals surface area (Å²) in [6, 6.07) is 12.3. The van der Waals surface area contributed by atoms with Crippen molar-refractivity contribution in [2.75, 3.05) is 11.4 Å². The van der Waals surface area contributed by atoms with Crippen molar-refractivity contribution in [2.24, 2.45) is 5.92 Å². The van der Waals surface area contributed by atoms with Crippen molar-refractivity contribution >= 4 is 51.9 Å². The summed E-state index contributed by atoms with van der Waals surface area (Å²) in [5, 5.41) is 12.6. The van der Waals surface area contributed by atoms with E-state index in [9.17, 15) is 14.9 Å². The number of hydrogen-bond donors (Lipinski definition) is 0. The lowest BCUT2D eigenvalue weighted by atomic mass is 9.93. The summed E-state index contributed by atoms with van der Waals surface area (Å²) in [4.78, 5) is 35.8. The third-order valence-electron chi connectivity index (χ3n) is 4.80. The molecule has 1 fully saturated rings. The van der Waals surface area contributed by atoms with Gasteiger partial charge in [-0.15, -0.1) is 11.3 Å². The molecule has 2 atom stereocenters. The van der Waals surface area contributed by atoms with E-state index in [1.54, 1.807) is 35.8 Å². The zero-order valence-electron chi connectivity index (χ0n) is 15.5. The standard InChI is InChI=1S/C21H14Cl2N4O2S/c22-13-6-14(23)8-15(7-13)27-10-12(5-19(27)28)20(29)16(9-24)21-26-18(11-30-21)17-3-1-2-4-25-17/h1-4,6-8,11-12,16H,5,10H2/t12-,16-/m1/s1. The topological polar surface area (TPSA) is 87.0 Å². The van der Waals surface area contributed by atoms with Gasteiger partial charge in [0.2, 0.25) is 5.91 Å². The van der Waals surface area contributed by atoms with Gasteiger partial charge < -0.3 is 4.90 Å². The molecular weight excluding hydrogens is 443 g/mol. The van der Waals surface area contributed by atoms with Gasteiger partial charge in [-0.2, -0.15) is 5.26 Å². The van der Waals surface area contributed by atoms with Crippen molar-refractivity contribution in [3.63, 3.8) is 0 Å². The number of aromatic nitrogens is 2. The highest BCUT2D eigenvalue weighted by Gasteiger charge is 2.39. The molecule has 150 valence electrons. The molecule has 4 rings (SSSR count). The average molecular weight is 457 g/mol. The fraction of sp³-hybridized carbons (Fsp3) is 0.190. The number of Topliss-reactive ketones (excluding diaryl/α,β-unsaturated/α-hetero) is 1. The molecule has 0 N–H and O–H groups in total. The molecule has 0 bridgehead atoms. The van der Waals surface area contributed by atoms with E-state index in [2.05, 4.69) is 16.0 Å². The summed E-state index contributed by atoms with van der Waals surface area (Å²) >= 11 is 13.3. The Morgan fingerprint density at radius 1 is 1.23 bits per heavy atom. The van der Waals surface area contributed by atoms with E-state index in [-0.39, 0.29) is 24.7 Å². The maximum absolute atomic E-state index is 13.1. The first-order valence-electron chi connectivity index (χ1n) is 9.03. The molecule has 9 heteroatoms. The van der Waals surface area contributed by atoms with Gasteiger partial charge in [0.15, 0.2) is 11.7 Å². The molecule has 1 saturated heterocycles. The first-order chi connectivity index (χ1) is 14.5. The lowest BCUT2D eigenvalue weighted by molar-refractivity contribution is -0.124. The van der Waals surface area contributed by atoms with Gasteiger partial charge in [0.1, 0.15) is 5.01 Å². The smallest absolute Gasteiger partial charge is 0.227 e. The van der Waals surface area contributed by atoms with Crippen LogP contribution in [-0.2, 0) is 9.59 Å². The van der Waals surface area contributed by atoms with Crippen molar-refractivity contribution in [1.29, 1.82) is 5.26 Å². The zero-order valence-corrected chi connectivity index (χ0v) is 17.8. The van der Waals surface area contributed by atoms with Crippen LogP contribution in [0.1, 0.15) is 17.3 Å². The predicted octanol–water partition coefficient (Wildman–Crippen LogP) is 4.74. The van der Waals surface area contributed by atoms with Crippen molar-refractivity contribution in [2.45, 2.75) is 12.3 Å². The zero-order chi connectivity index (χ0) is 21.3. The van der Waals surface area contributed by atoms with Crippen LogP contribution in [0.25, 0.3) is 11.4 Å². The number of anilines is 1. The van der Waals surface area contributed by atoms with Gasteiger partial charge >= 0.3 is 0 Å². The Balaban J connectivity index is 1.54. The predicted molar refractivity (Wildman–Crippen MR) is 116 cm³/mol. The highest BCUT2D eigenvalue weighted by Crippen LogP contribution is 2.34. The van der Waals surface area contributed by atoms with Gasteiger partial charge in [-0.1, -0.05) is 29.3 Å². The Bertz CT molecular complexity index is 1140. The molecule has 1 aromatic carbocycles. The van der Waals surface area contributed by atoms with E-state index in [4.69, 9.17) is 23.2 Å². The second-order valence-electron chi connectivity index (χ2n) is 6.78. The minimum atomic E-state index is -1.03. The molecular formula is C21H14Cl2N4O2S. The molecule has 0 unspecified atom stereocenters. The maximum Gasteiger partial charge on any atom is 0.227 e. The summed E-state index contributed by atoms with van der Waals surface area (Å²) < 4.78 is 0. The molecule has 3 aromatic rings. The van der Waals surface area contributed by atoms with Crippen LogP contribution < -0.4 is 4.90 Å². The number of amides is 1. The number of carbonyl (C=O) groups excluding carboxylic acids is 2. The monoisotopic (exact) mass is 456 g/mol. The average Bonchev–Trinajstić information content (AvgIpc) is 3.36. The Morgan fingerprint density at radius 3 is 2.67 bits per heavy atom. The molecule has 1 aliphatic rings. The molecule has 1 amide bonds. The van der Waals surface area contributed by atoms with E-state index in [0.29, 0.717) is 32.1 Å². The van der Waals surface area contributed by atoms with E-state index in [1.165, 1.54) is 16.2 Å². The van der Waals surface area contributed by atoms with Crippen LogP contribution in [0.4, 0.5) is 5.69 Å². The van der Waals surface area contributed by atoms with E-state index in [1.807, 2.05) is 12.1 Å². The molecule has 3 heterocycles. The Hall–Kier alpha value is -2.79. The van der Waals surface area contributed by atoms with E-state index < -0.39 is 11.8 Å². The van der Waals surface area contributed by atoms with Crippen molar-refractivity contribution in [3.05, 3.63) is 63.0 Å². The van der Waals surface area contributed by atoms with Crippen LogP contribution in [-0.4, -0.2) is 28.2 Å². The maximum atomic E-state index is 13.1. The van der Waals surface area contributed by atoms with Crippen LogP contribution in [0.5, 0.6) is 0 Å². The Morgan fingerprint density at radius 2 is 2.00 bits per heavy atom. The number of rotatable bonds is 5. The summed E-state index contributed by atoms with van der Waals surface area (Å²) in [6.45, 7) is 0.172. The van der Waals surface area contributed by atoms with Gasteiger partial charge in [-0.3, -0.25) is 14.6 Å². The van der Waals surface area contributed by atoms with Crippen LogP contribution in [0, 0.1) is 17.2 Å². The third kappa shape index (κ3) is 4.08. The number of thiazole rings is 1. The number of ketones is 1. The molecule has 0 spiro atoms. The minimum Gasteiger partial charge on any atom is -0.312 e. The Labute approximate surface area is 186 Å². The van der Waals surface area contributed by atoms with Gasteiger partial charge in [0.25, 0.3) is 0 Å².